The van der Waals surface area contributed by atoms with Crippen molar-refractivity contribution in [2.45, 2.75) is 59.3 Å². The predicted octanol–water partition coefficient (Wildman–Crippen LogP) is 10.9. The van der Waals surface area contributed by atoms with Crippen LogP contribution in [0.3, 0.4) is 0 Å². The van der Waals surface area contributed by atoms with Gasteiger partial charge in [-0.15, -0.1) is 0 Å². The third-order valence-corrected chi connectivity index (χ3v) is 10.9. The molecule has 0 saturated heterocycles. The molecule has 0 aliphatic heterocycles. The number of benzene rings is 7. The van der Waals surface area contributed by atoms with Gasteiger partial charge in [-0.25, -0.2) is 0 Å². The zero-order valence-corrected chi connectivity index (χ0v) is 30.5. The van der Waals surface area contributed by atoms with E-state index in [4.69, 9.17) is 0 Å². The molecule has 4 nitrogen and oxygen atoms in total. The Hall–Kier alpha value is -6.00. The Labute approximate surface area is 312 Å². The van der Waals surface area contributed by atoms with E-state index < -0.39 is 0 Å². The highest BCUT2D eigenvalue weighted by molar-refractivity contribution is 6.03. The molecule has 0 N–H and O–H groups in total. The van der Waals surface area contributed by atoms with Gasteiger partial charge in [-0.1, -0.05) is 146 Å². The molecule has 2 amide bonds. The molecule has 0 unspecified atom stereocenters. The molecule has 53 heavy (non-hydrogen) atoms. The summed E-state index contributed by atoms with van der Waals surface area (Å²) in [5, 5.41) is 4.76. The number of nitrogens with zero attached hydrogens (tertiary/aromatic N) is 2. The van der Waals surface area contributed by atoms with Crippen molar-refractivity contribution >= 4 is 33.4 Å². The maximum absolute atomic E-state index is 13.7. The summed E-state index contributed by atoms with van der Waals surface area (Å²) < 4.78 is 0. The van der Waals surface area contributed by atoms with E-state index in [9.17, 15) is 9.59 Å². The van der Waals surface area contributed by atoms with E-state index in [2.05, 4.69) is 109 Å². The normalized spacial score (nSPS) is 12.2. The van der Waals surface area contributed by atoms with Gasteiger partial charge in [-0.05, 0) is 96.4 Å². The summed E-state index contributed by atoms with van der Waals surface area (Å²) in [5.74, 6) is 0.0344. The second kappa shape index (κ2) is 14.9. The fraction of sp³-hybridized carbons (Fsp3) is 0.184. The van der Waals surface area contributed by atoms with Crippen molar-refractivity contribution in [3.63, 3.8) is 0 Å². The van der Waals surface area contributed by atoms with Gasteiger partial charge in [-0.3, -0.25) is 9.59 Å². The van der Waals surface area contributed by atoms with Crippen LogP contribution in [-0.2, 0) is 48.6 Å². The number of carbonyl (C=O) groups is 2. The van der Waals surface area contributed by atoms with Crippen molar-refractivity contribution in [3.8, 4) is 22.3 Å². The lowest BCUT2D eigenvalue weighted by Crippen LogP contribution is -2.31. The summed E-state index contributed by atoms with van der Waals surface area (Å²) in [6, 6.07) is 50.9. The highest BCUT2D eigenvalue weighted by Gasteiger charge is 2.31. The van der Waals surface area contributed by atoms with E-state index in [0.717, 1.165) is 41.5 Å². The largest absolute Gasteiger partial charge is 0.334 e. The number of amides is 2. The van der Waals surface area contributed by atoms with Crippen LogP contribution in [0.15, 0.2) is 146 Å². The number of carbonyl (C=O) groups excluding carboxylic acids is 2. The topological polar surface area (TPSA) is 40.6 Å². The van der Waals surface area contributed by atoms with Crippen LogP contribution >= 0.6 is 0 Å². The summed E-state index contributed by atoms with van der Waals surface area (Å²) in [7, 11) is 0. The average Bonchev–Trinajstić information content (AvgIpc) is 3.67. The summed E-state index contributed by atoms with van der Waals surface area (Å²) in [6.45, 7) is 5.17. The molecule has 0 aromatic heterocycles. The van der Waals surface area contributed by atoms with Crippen LogP contribution in [0.2, 0.25) is 0 Å². The molecule has 0 fully saturated rings. The minimum atomic E-state index is 0.0172. The first-order chi connectivity index (χ1) is 26.0. The molecular formula is C49H44N2O2. The zero-order chi connectivity index (χ0) is 36.3. The number of fused-ring (bicyclic) bond motifs is 3. The monoisotopic (exact) mass is 692 g/mol. The molecule has 1 aliphatic rings. The van der Waals surface area contributed by atoms with Gasteiger partial charge >= 0.3 is 0 Å². The van der Waals surface area contributed by atoms with E-state index in [0.29, 0.717) is 26.2 Å². The third kappa shape index (κ3) is 6.85. The van der Waals surface area contributed by atoms with E-state index in [1.165, 1.54) is 54.9 Å². The molecule has 4 heteroatoms. The zero-order valence-electron chi connectivity index (χ0n) is 30.5. The maximum Gasteiger partial charge on any atom is 0.220 e. The molecule has 0 spiro atoms. The molecule has 1 aliphatic carbocycles. The van der Waals surface area contributed by atoms with E-state index in [1.807, 2.05) is 46.2 Å². The van der Waals surface area contributed by atoms with Gasteiger partial charge in [0, 0.05) is 40.0 Å². The first-order valence-electron chi connectivity index (χ1n) is 18.7. The Morgan fingerprint density at radius 3 is 1.25 bits per heavy atom. The van der Waals surface area contributed by atoms with Crippen molar-refractivity contribution in [1.82, 2.24) is 9.80 Å². The van der Waals surface area contributed by atoms with Crippen molar-refractivity contribution < 1.29 is 9.59 Å². The Kier molecular flexibility index (Phi) is 9.60. The van der Waals surface area contributed by atoms with Gasteiger partial charge in [0.05, 0.1) is 0 Å². The van der Waals surface area contributed by atoms with Gasteiger partial charge in [0.1, 0.15) is 0 Å². The summed E-state index contributed by atoms with van der Waals surface area (Å²) in [6.07, 6.45) is 2.96. The fourth-order valence-corrected chi connectivity index (χ4v) is 8.39. The van der Waals surface area contributed by atoms with E-state index in [1.54, 1.807) is 13.8 Å². The number of rotatable bonds is 10. The third-order valence-electron chi connectivity index (χ3n) is 10.9. The summed E-state index contributed by atoms with van der Waals surface area (Å²) >= 11 is 0. The van der Waals surface area contributed by atoms with Crippen molar-refractivity contribution in [3.05, 3.63) is 179 Å². The van der Waals surface area contributed by atoms with Crippen LogP contribution in [0.25, 0.3) is 43.8 Å². The fourth-order valence-electron chi connectivity index (χ4n) is 8.39. The van der Waals surface area contributed by atoms with Crippen LogP contribution in [0.1, 0.15) is 53.6 Å². The first kappa shape index (κ1) is 34.1. The lowest BCUT2D eigenvalue weighted by molar-refractivity contribution is -0.131. The van der Waals surface area contributed by atoms with Crippen LogP contribution in [0.5, 0.6) is 0 Å². The van der Waals surface area contributed by atoms with Gasteiger partial charge in [0.2, 0.25) is 11.8 Å². The summed E-state index contributed by atoms with van der Waals surface area (Å²) in [5.41, 5.74) is 11.9. The van der Waals surface area contributed by atoms with Crippen LogP contribution in [0, 0.1) is 0 Å². The second-order valence-corrected chi connectivity index (χ2v) is 14.3. The van der Waals surface area contributed by atoms with Crippen molar-refractivity contribution in [1.29, 1.82) is 0 Å². The van der Waals surface area contributed by atoms with Crippen LogP contribution in [0.4, 0.5) is 0 Å². The van der Waals surface area contributed by atoms with Crippen LogP contribution in [-0.4, -0.2) is 21.6 Å². The predicted molar refractivity (Wildman–Crippen MR) is 217 cm³/mol. The highest BCUT2D eigenvalue weighted by atomic mass is 16.2. The molecule has 0 heterocycles. The molecule has 0 bridgehead atoms. The molecule has 0 saturated carbocycles. The quantitative estimate of drug-likeness (QED) is 0.143. The molecule has 262 valence electrons. The maximum atomic E-state index is 13.7. The lowest BCUT2D eigenvalue weighted by Gasteiger charge is -2.32. The van der Waals surface area contributed by atoms with E-state index >= 15 is 0 Å². The Balaban J connectivity index is 1.46. The van der Waals surface area contributed by atoms with E-state index in [-0.39, 0.29) is 11.8 Å². The van der Waals surface area contributed by atoms with Crippen molar-refractivity contribution in [2.75, 3.05) is 0 Å². The molecule has 7 aromatic rings. The molecule has 0 radical (unpaired) electrons. The van der Waals surface area contributed by atoms with Crippen molar-refractivity contribution in [2.24, 2.45) is 0 Å². The van der Waals surface area contributed by atoms with Gasteiger partial charge < -0.3 is 9.80 Å². The Bertz CT molecular complexity index is 2270. The molecular weight excluding hydrogens is 649 g/mol. The number of hydrogen-bond donors (Lipinski definition) is 0. The molecule has 7 aromatic carbocycles. The standard InChI is InChI=1S/C49H44N2O2/c1-34(52)50(30-36-16-5-3-6-17-36)32-46-47(33-51(35(2)53)31-37-18-7-4-8-19-37)49(43-27-14-23-39-21-10-12-25-41(39)43)45-29-15-28-44(45)48(46)42-26-13-22-38-20-9-11-24-40(38)42/h3-14,16-27H,15,28-33H2,1-2H3. The van der Waals surface area contributed by atoms with Crippen LogP contribution < -0.4 is 0 Å². The van der Waals surface area contributed by atoms with Gasteiger partial charge in [0.15, 0.2) is 0 Å². The highest BCUT2D eigenvalue weighted by Crippen LogP contribution is 2.48. The van der Waals surface area contributed by atoms with Gasteiger partial charge in [-0.2, -0.15) is 0 Å². The second-order valence-electron chi connectivity index (χ2n) is 14.3. The molecule has 0 atom stereocenters. The number of hydrogen-bond acceptors (Lipinski definition) is 2. The smallest absolute Gasteiger partial charge is 0.220 e. The minimum absolute atomic E-state index is 0.0172. The average molecular weight is 693 g/mol. The lowest BCUT2D eigenvalue weighted by atomic mass is 9.80. The Morgan fingerprint density at radius 1 is 0.453 bits per heavy atom. The SMILES string of the molecule is CC(=O)N(Cc1ccccc1)Cc1c(CN(Cc2ccccc2)C(C)=O)c(-c2cccc3ccccc23)c2c(c1-c1cccc3ccccc13)CCC2. The Morgan fingerprint density at radius 2 is 0.830 bits per heavy atom. The van der Waals surface area contributed by atoms with Gasteiger partial charge in [0.25, 0.3) is 0 Å². The first-order valence-corrected chi connectivity index (χ1v) is 18.7. The minimum Gasteiger partial charge on any atom is -0.334 e. The summed E-state index contributed by atoms with van der Waals surface area (Å²) in [4.78, 5) is 31.4. The molecule has 8 rings (SSSR count).